The highest BCUT2D eigenvalue weighted by molar-refractivity contribution is 7.80. The molecule has 0 aromatic heterocycles. The Bertz CT molecular complexity index is 295. The average Bonchev–Trinajstić information content (AvgIpc) is 2.57. The van der Waals surface area contributed by atoms with Gasteiger partial charge in [-0.25, -0.2) is 0 Å². The highest BCUT2D eigenvalue weighted by atomic mass is 32.1. The summed E-state index contributed by atoms with van der Waals surface area (Å²) >= 11 is 10.3. The molecule has 0 atom stereocenters. The molecular formula is C14H30N4O4S2. The second kappa shape index (κ2) is 18.6. The fourth-order valence-corrected chi connectivity index (χ4v) is 1.99. The smallest absolute Gasteiger partial charge is 0.166 e. The molecule has 0 radical (unpaired) electrons. The summed E-state index contributed by atoms with van der Waals surface area (Å²) in [6.07, 6.45) is 1.94. The van der Waals surface area contributed by atoms with E-state index in [9.17, 15) is 0 Å². The van der Waals surface area contributed by atoms with E-state index in [2.05, 4.69) is 21.3 Å². The van der Waals surface area contributed by atoms with Crippen LogP contribution >= 0.6 is 24.4 Å². The lowest BCUT2D eigenvalue weighted by Gasteiger charge is -2.12. The van der Waals surface area contributed by atoms with Crippen LogP contribution in [0.3, 0.4) is 0 Å². The van der Waals surface area contributed by atoms with Crippen molar-refractivity contribution in [3.8, 4) is 0 Å². The molecular weight excluding hydrogens is 352 g/mol. The van der Waals surface area contributed by atoms with E-state index in [-0.39, 0.29) is 13.2 Å². The summed E-state index contributed by atoms with van der Waals surface area (Å²) in [6, 6.07) is 0. The van der Waals surface area contributed by atoms with Crippen molar-refractivity contribution in [1.82, 2.24) is 21.3 Å². The van der Waals surface area contributed by atoms with Gasteiger partial charge in [-0.1, -0.05) is 0 Å². The Morgan fingerprint density at radius 2 is 1.00 bits per heavy atom. The van der Waals surface area contributed by atoms with Gasteiger partial charge in [-0.05, 0) is 37.3 Å². The number of unbranched alkanes of at least 4 members (excludes halogenated alkanes) is 1. The van der Waals surface area contributed by atoms with Crippen molar-refractivity contribution >= 4 is 34.7 Å². The van der Waals surface area contributed by atoms with Crippen LogP contribution in [-0.4, -0.2) is 86.3 Å². The van der Waals surface area contributed by atoms with E-state index in [1.165, 1.54) is 0 Å². The summed E-state index contributed by atoms with van der Waals surface area (Å²) in [6.45, 7) is 4.62. The first-order valence-corrected chi connectivity index (χ1v) is 8.93. The van der Waals surface area contributed by atoms with Crippen molar-refractivity contribution in [3.63, 3.8) is 0 Å². The molecule has 6 N–H and O–H groups in total. The molecule has 0 saturated heterocycles. The van der Waals surface area contributed by atoms with Gasteiger partial charge in [0.1, 0.15) is 0 Å². The fourth-order valence-electron chi connectivity index (χ4n) is 1.59. The maximum absolute atomic E-state index is 8.56. The lowest BCUT2D eigenvalue weighted by molar-refractivity contribution is 0.0958. The molecule has 0 unspecified atom stereocenters. The highest BCUT2D eigenvalue weighted by Gasteiger charge is 1.97. The minimum atomic E-state index is 0.0349. The molecule has 0 rings (SSSR count). The van der Waals surface area contributed by atoms with Gasteiger partial charge in [-0.3, -0.25) is 0 Å². The predicted octanol–water partition coefficient (Wildman–Crippen LogP) is -1.29. The molecule has 0 heterocycles. The standard InChI is InChI=1S/C14H30N4O4S2/c19-7-11-21-9-5-17-13(23)15-3-1-2-4-16-14(24)18-6-10-22-12-8-20/h19-20H,1-12H2,(H2,15,17,23)(H2,16,18,24). The lowest BCUT2D eigenvalue weighted by atomic mass is 10.3. The van der Waals surface area contributed by atoms with Crippen molar-refractivity contribution < 1.29 is 19.7 Å². The van der Waals surface area contributed by atoms with Crippen molar-refractivity contribution in [3.05, 3.63) is 0 Å². The van der Waals surface area contributed by atoms with Crippen molar-refractivity contribution in [1.29, 1.82) is 0 Å². The molecule has 0 aliphatic carbocycles. The Hall–Kier alpha value is -0.780. The molecule has 0 fully saturated rings. The first-order chi connectivity index (χ1) is 11.7. The van der Waals surface area contributed by atoms with E-state index < -0.39 is 0 Å². The van der Waals surface area contributed by atoms with E-state index in [1.54, 1.807) is 0 Å². The topological polar surface area (TPSA) is 107 Å². The Balaban J connectivity index is 3.28. The minimum Gasteiger partial charge on any atom is -0.394 e. The molecule has 0 aliphatic rings. The Morgan fingerprint density at radius 3 is 1.38 bits per heavy atom. The number of aliphatic hydroxyl groups excluding tert-OH is 2. The van der Waals surface area contributed by atoms with Crippen LogP contribution in [0, 0.1) is 0 Å². The molecule has 0 aliphatic heterocycles. The molecule has 24 heavy (non-hydrogen) atoms. The highest BCUT2D eigenvalue weighted by Crippen LogP contribution is 1.85. The summed E-state index contributed by atoms with van der Waals surface area (Å²) < 4.78 is 10.2. The minimum absolute atomic E-state index is 0.0349. The zero-order valence-corrected chi connectivity index (χ0v) is 15.6. The van der Waals surface area contributed by atoms with Gasteiger partial charge in [0.25, 0.3) is 0 Å². The van der Waals surface area contributed by atoms with Gasteiger partial charge in [0.2, 0.25) is 0 Å². The normalized spacial score (nSPS) is 10.2. The monoisotopic (exact) mass is 382 g/mol. The lowest BCUT2D eigenvalue weighted by Crippen LogP contribution is -2.39. The van der Waals surface area contributed by atoms with Crippen LogP contribution in [0.25, 0.3) is 0 Å². The van der Waals surface area contributed by atoms with Gasteiger partial charge in [0.15, 0.2) is 10.2 Å². The van der Waals surface area contributed by atoms with Crippen LogP contribution in [0.4, 0.5) is 0 Å². The predicted molar refractivity (Wildman–Crippen MR) is 102 cm³/mol. The number of hydrogen-bond acceptors (Lipinski definition) is 6. The number of nitrogens with one attached hydrogen (secondary N) is 4. The number of aliphatic hydroxyl groups is 2. The SMILES string of the molecule is OCCOCCNC(=S)NCCCCNC(=S)NCCOCCO. The van der Waals surface area contributed by atoms with Gasteiger partial charge in [0.05, 0.1) is 39.6 Å². The van der Waals surface area contributed by atoms with Gasteiger partial charge >= 0.3 is 0 Å². The van der Waals surface area contributed by atoms with E-state index in [4.69, 9.17) is 44.1 Å². The summed E-state index contributed by atoms with van der Waals surface area (Å²) in [4.78, 5) is 0. The molecule has 10 heteroatoms. The molecule has 0 amide bonds. The molecule has 0 bridgehead atoms. The Kier molecular flexibility index (Phi) is 18.0. The molecule has 8 nitrogen and oxygen atoms in total. The van der Waals surface area contributed by atoms with E-state index in [0.29, 0.717) is 49.7 Å². The Labute approximate surface area is 154 Å². The van der Waals surface area contributed by atoms with Gasteiger partial charge in [0, 0.05) is 26.2 Å². The largest absolute Gasteiger partial charge is 0.394 e. The zero-order chi connectivity index (χ0) is 17.9. The molecule has 0 aromatic carbocycles. The van der Waals surface area contributed by atoms with Gasteiger partial charge in [-0.2, -0.15) is 0 Å². The number of thiocarbonyl (C=S) groups is 2. The summed E-state index contributed by atoms with van der Waals surface area (Å²) in [5.74, 6) is 0. The third-order valence-corrected chi connectivity index (χ3v) is 3.29. The maximum atomic E-state index is 8.56. The summed E-state index contributed by atoms with van der Waals surface area (Å²) in [5, 5.41) is 30.6. The third-order valence-electron chi connectivity index (χ3n) is 2.71. The van der Waals surface area contributed by atoms with Gasteiger partial charge < -0.3 is 41.0 Å². The molecule has 142 valence electrons. The van der Waals surface area contributed by atoms with E-state index >= 15 is 0 Å². The van der Waals surface area contributed by atoms with Crippen LogP contribution in [0.5, 0.6) is 0 Å². The average molecular weight is 383 g/mol. The van der Waals surface area contributed by atoms with Crippen LogP contribution in [0.15, 0.2) is 0 Å². The van der Waals surface area contributed by atoms with Crippen LogP contribution in [-0.2, 0) is 9.47 Å². The quantitative estimate of drug-likeness (QED) is 0.151. The van der Waals surface area contributed by atoms with E-state index in [0.717, 1.165) is 25.9 Å². The van der Waals surface area contributed by atoms with Crippen LogP contribution in [0.1, 0.15) is 12.8 Å². The first kappa shape index (κ1) is 23.2. The molecule has 0 aromatic rings. The van der Waals surface area contributed by atoms with Crippen molar-refractivity contribution in [2.75, 3.05) is 65.8 Å². The third kappa shape index (κ3) is 17.6. The zero-order valence-electron chi connectivity index (χ0n) is 14.0. The molecule has 0 spiro atoms. The van der Waals surface area contributed by atoms with Crippen LogP contribution in [0.2, 0.25) is 0 Å². The van der Waals surface area contributed by atoms with E-state index in [1.807, 2.05) is 0 Å². The summed E-state index contributed by atoms with van der Waals surface area (Å²) in [5.41, 5.74) is 0. The van der Waals surface area contributed by atoms with Gasteiger partial charge in [-0.15, -0.1) is 0 Å². The number of ether oxygens (including phenoxy) is 2. The fraction of sp³-hybridized carbons (Fsp3) is 0.857. The molecule has 0 saturated carbocycles. The number of rotatable bonds is 15. The van der Waals surface area contributed by atoms with Crippen LogP contribution < -0.4 is 21.3 Å². The second-order valence-electron chi connectivity index (χ2n) is 4.74. The first-order valence-electron chi connectivity index (χ1n) is 8.11. The summed E-state index contributed by atoms with van der Waals surface area (Å²) in [7, 11) is 0. The second-order valence-corrected chi connectivity index (χ2v) is 5.56. The Morgan fingerprint density at radius 1 is 0.625 bits per heavy atom. The maximum Gasteiger partial charge on any atom is 0.166 e. The van der Waals surface area contributed by atoms with Crippen molar-refractivity contribution in [2.45, 2.75) is 12.8 Å². The van der Waals surface area contributed by atoms with Crippen molar-refractivity contribution in [2.24, 2.45) is 0 Å². The number of hydrogen-bond donors (Lipinski definition) is 6.